The van der Waals surface area contributed by atoms with Crippen LogP contribution in [0.25, 0.3) is 0 Å². The lowest BCUT2D eigenvalue weighted by atomic mass is 9.83. The summed E-state index contributed by atoms with van der Waals surface area (Å²) in [6.07, 6.45) is 1.83. The third kappa shape index (κ3) is 5.27. The van der Waals surface area contributed by atoms with Crippen LogP contribution in [0.5, 0.6) is 0 Å². The van der Waals surface area contributed by atoms with E-state index in [2.05, 4.69) is 5.32 Å². The van der Waals surface area contributed by atoms with E-state index in [4.69, 9.17) is 20.4 Å². The standard InChI is InChI=1S/C12H17N3O4S.C8H9NO5.H2O/c1-6(16)9-7-4-8(20-3-2-14-5-13)10(12(18)19)15(7)11(9)17;10-2-1-4-7(8(12)13)9-5(11)3-6(9)14-4;/h5-7,9,16H,2-4H2,1H3,(H2,13,14)(H,18,19);1,6-7,10H,2-3H2,(H,12,13);1H2/b;4-1-;/t6-,7-,9-;6-,7-;/m11./s1. The van der Waals surface area contributed by atoms with Crippen LogP contribution in [-0.2, 0) is 23.9 Å². The molecule has 2 amide bonds. The largest absolute Gasteiger partial charge is 0.479 e. The van der Waals surface area contributed by atoms with E-state index >= 15 is 0 Å². The third-order valence-electron chi connectivity index (χ3n) is 5.81. The number of aliphatic carboxylic acids is 2. The van der Waals surface area contributed by atoms with Gasteiger partial charge >= 0.3 is 11.9 Å². The Morgan fingerprint density at radius 1 is 1.31 bits per heavy atom. The molecule has 194 valence electrons. The Kier molecular flexibility index (Phi) is 9.25. The number of rotatable bonds is 9. The van der Waals surface area contributed by atoms with Crippen LogP contribution in [0.3, 0.4) is 0 Å². The first-order chi connectivity index (χ1) is 16.1. The number of hydrogen-bond donors (Lipinski definition) is 6. The molecule has 35 heavy (non-hydrogen) atoms. The molecule has 0 aliphatic carbocycles. The fraction of sp³-hybridized carbons (Fsp3) is 0.550. The van der Waals surface area contributed by atoms with Gasteiger partial charge in [0.25, 0.3) is 0 Å². The predicted molar refractivity (Wildman–Crippen MR) is 121 cm³/mol. The van der Waals surface area contributed by atoms with Gasteiger partial charge in [0.1, 0.15) is 11.5 Å². The number of carboxylic acid groups (broad SMARTS) is 2. The van der Waals surface area contributed by atoms with Crippen LogP contribution in [0.4, 0.5) is 0 Å². The number of carbonyl (C=O) groups excluding carboxylic acids is 2. The Hall–Kier alpha value is -3.14. The first-order valence-corrected chi connectivity index (χ1v) is 11.5. The van der Waals surface area contributed by atoms with Crippen LogP contribution >= 0.6 is 11.8 Å². The molecule has 0 aromatic carbocycles. The average molecular weight is 517 g/mol. The number of thioether (sulfide) groups is 1. The van der Waals surface area contributed by atoms with Crippen molar-refractivity contribution < 1.29 is 49.8 Å². The number of nitrogens with zero attached hydrogens (tertiary/aromatic N) is 2. The van der Waals surface area contributed by atoms with Crippen LogP contribution < -0.4 is 5.32 Å². The van der Waals surface area contributed by atoms with E-state index in [0.29, 0.717) is 23.6 Å². The summed E-state index contributed by atoms with van der Waals surface area (Å²) in [5.41, 5.74) is 0.0525. The number of fused-ring (bicyclic) bond motifs is 2. The quantitative estimate of drug-likeness (QED) is 0.0841. The molecule has 15 heteroatoms. The van der Waals surface area contributed by atoms with Crippen LogP contribution in [-0.4, -0.2) is 109 Å². The third-order valence-corrected chi connectivity index (χ3v) is 6.93. The number of β-lactam (4-membered cyclic amide) rings is 2. The fourth-order valence-corrected chi connectivity index (χ4v) is 5.40. The van der Waals surface area contributed by atoms with Gasteiger partial charge in [-0.3, -0.25) is 19.9 Å². The van der Waals surface area contributed by atoms with Gasteiger partial charge in [-0.2, -0.15) is 0 Å². The maximum atomic E-state index is 11.9. The summed E-state index contributed by atoms with van der Waals surface area (Å²) in [4.78, 5) is 48.3. The topological polar surface area (TPSA) is 232 Å². The van der Waals surface area contributed by atoms with Crippen LogP contribution in [0.15, 0.2) is 22.4 Å². The maximum absolute atomic E-state index is 11.9. The van der Waals surface area contributed by atoms with Gasteiger partial charge in [0.2, 0.25) is 11.8 Å². The second kappa shape index (κ2) is 11.5. The van der Waals surface area contributed by atoms with Gasteiger partial charge in [-0.25, -0.2) is 9.59 Å². The molecule has 8 N–H and O–H groups in total. The molecule has 0 saturated carbocycles. The summed E-state index contributed by atoms with van der Waals surface area (Å²) < 4.78 is 5.17. The predicted octanol–water partition coefficient (Wildman–Crippen LogP) is -2.10. The van der Waals surface area contributed by atoms with E-state index in [0.717, 1.165) is 6.34 Å². The van der Waals surface area contributed by atoms with Crippen molar-refractivity contribution in [3.63, 3.8) is 0 Å². The Bertz CT molecular complexity index is 952. The molecule has 0 radical (unpaired) electrons. The molecule has 4 heterocycles. The highest BCUT2D eigenvalue weighted by Crippen LogP contribution is 2.46. The van der Waals surface area contributed by atoms with Gasteiger partial charge in [0.05, 0.1) is 37.4 Å². The number of amides is 2. The maximum Gasteiger partial charge on any atom is 0.353 e. The number of ether oxygens (including phenoxy) is 1. The molecule has 0 aromatic rings. The lowest BCUT2D eigenvalue weighted by Gasteiger charge is -2.44. The molecule has 0 aromatic heterocycles. The number of nitrogens with one attached hydrogen (secondary N) is 2. The molecule has 3 saturated heterocycles. The van der Waals surface area contributed by atoms with Crippen molar-refractivity contribution in [1.29, 1.82) is 5.41 Å². The summed E-state index contributed by atoms with van der Waals surface area (Å²) in [5.74, 6) is -2.51. The Labute approximate surface area is 204 Å². The SMILES string of the molecule is C[C@@H](O)[C@H]1C(=O)N2C(C(=O)O)=C(SCCNC=N)C[C@H]12.O.O=C(O)[C@H]1/C(=C/CO)O[C@@H]2CC(=O)N21. The molecule has 4 rings (SSSR count). The van der Waals surface area contributed by atoms with Gasteiger partial charge in [-0.15, -0.1) is 11.8 Å². The minimum absolute atomic E-state index is 0. The first kappa shape index (κ1) is 28.1. The van der Waals surface area contributed by atoms with E-state index in [1.54, 1.807) is 6.92 Å². The van der Waals surface area contributed by atoms with Gasteiger partial charge in [-0.05, 0) is 13.0 Å². The summed E-state index contributed by atoms with van der Waals surface area (Å²) in [6.45, 7) is 1.82. The number of aliphatic hydroxyl groups excluding tert-OH is 2. The van der Waals surface area contributed by atoms with Gasteiger partial charge in [-0.1, -0.05) is 0 Å². The van der Waals surface area contributed by atoms with E-state index < -0.39 is 36.2 Å². The Balaban J connectivity index is 0.000000254. The molecule has 0 spiro atoms. The van der Waals surface area contributed by atoms with Crippen molar-refractivity contribution in [2.45, 2.75) is 44.2 Å². The normalized spacial score (nSPS) is 27.9. The van der Waals surface area contributed by atoms with Crippen molar-refractivity contribution >= 4 is 41.9 Å². The minimum Gasteiger partial charge on any atom is -0.479 e. The summed E-state index contributed by atoms with van der Waals surface area (Å²) in [6, 6.07) is -1.29. The van der Waals surface area contributed by atoms with E-state index in [9.17, 15) is 29.4 Å². The van der Waals surface area contributed by atoms with Gasteiger partial charge < -0.3 is 40.9 Å². The summed E-state index contributed by atoms with van der Waals surface area (Å²) in [7, 11) is 0. The molecular formula is C20H28N4O10S. The van der Waals surface area contributed by atoms with E-state index in [1.165, 1.54) is 27.6 Å². The molecule has 0 bridgehead atoms. The lowest BCUT2D eigenvalue weighted by molar-refractivity contribution is -0.163. The van der Waals surface area contributed by atoms with E-state index in [1.807, 2.05) is 0 Å². The Morgan fingerprint density at radius 3 is 2.51 bits per heavy atom. The molecular weight excluding hydrogens is 488 g/mol. The van der Waals surface area contributed by atoms with Crippen LogP contribution in [0.1, 0.15) is 19.8 Å². The zero-order valence-electron chi connectivity index (χ0n) is 18.7. The van der Waals surface area contributed by atoms with Crippen molar-refractivity contribution in [2.75, 3.05) is 18.9 Å². The molecule has 4 aliphatic rings. The highest BCUT2D eigenvalue weighted by Gasteiger charge is 2.56. The summed E-state index contributed by atoms with van der Waals surface area (Å²) >= 11 is 1.38. The molecule has 3 fully saturated rings. The monoisotopic (exact) mass is 516 g/mol. The smallest absolute Gasteiger partial charge is 0.353 e. The molecule has 4 aliphatic heterocycles. The Morgan fingerprint density at radius 2 is 2.00 bits per heavy atom. The lowest BCUT2D eigenvalue weighted by Crippen LogP contribution is -2.61. The van der Waals surface area contributed by atoms with Crippen molar-refractivity contribution in [2.24, 2.45) is 5.92 Å². The van der Waals surface area contributed by atoms with Crippen molar-refractivity contribution in [3.05, 3.63) is 22.4 Å². The highest BCUT2D eigenvalue weighted by molar-refractivity contribution is 8.03. The van der Waals surface area contributed by atoms with Gasteiger partial charge in [0.15, 0.2) is 12.3 Å². The fourth-order valence-electron chi connectivity index (χ4n) is 4.32. The molecule has 0 unspecified atom stereocenters. The van der Waals surface area contributed by atoms with E-state index in [-0.39, 0.29) is 47.8 Å². The average Bonchev–Trinajstić information content (AvgIpc) is 3.24. The number of carboxylic acids is 2. The molecule has 14 nitrogen and oxygen atoms in total. The second-order valence-corrected chi connectivity index (χ2v) is 9.07. The van der Waals surface area contributed by atoms with Crippen molar-refractivity contribution in [3.8, 4) is 0 Å². The summed E-state index contributed by atoms with van der Waals surface area (Å²) in [5, 5.41) is 45.9. The zero-order chi connectivity index (χ0) is 25.2. The second-order valence-electron chi connectivity index (χ2n) is 7.88. The number of aliphatic hydroxyl groups is 2. The van der Waals surface area contributed by atoms with Gasteiger partial charge in [0, 0.05) is 23.6 Å². The van der Waals surface area contributed by atoms with Crippen LogP contribution in [0, 0.1) is 11.3 Å². The number of carbonyl (C=O) groups is 4. The van der Waals surface area contributed by atoms with Crippen molar-refractivity contribution in [1.82, 2.24) is 15.1 Å². The molecule has 5 atom stereocenters. The van der Waals surface area contributed by atoms with Crippen LogP contribution in [0.2, 0.25) is 0 Å². The highest BCUT2D eigenvalue weighted by atomic mass is 32.2. The number of hydrogen-bond acceptors (Lipinski definition) is 9. The zero-order valence-corrected chi connectivity index (χ0v) is 19.5. The minimum atomic E-state index is -1.14. The first-order valence-electron chi connectivity index (χ1n) is 10.5.